The number of hydrogen-bond acceptors (Lipinski definition) is 2. The van der Waals surface area contributed by atoms with E-state index in [9.17, 15) is 4.79 Å². The van der Waals surface area contributed by atoms with E-state index in [1.54, 1.807) is 0 Å². The lowest BCUT2D eigenvalue weighted by Gasteiger charge is -2.18. The second-order valence-electron chi connectivity index (χ2n) is 4.83. The van der Waals surface area contributed by atoms with Gasteiger partial charge in [-0.1, -0.05) is 37.3 Å². The quantitative estimate of drug-likeness (QED) is 0.865. The summed E-state index contributed by atoms with van der Waals surface area (Å²) in [6.45, 7) is 4.04. The monoisotopic (exact) mass is 268 g/mol. The van der Waals surface area contributed by atoms with E-state index in [0.29, 0.717) is 0 Å². The Balaban J connectivity index is 2.02. The number of amides is 1. The summed E-state index contributed by atoms with van der Waals surface area (Å²) >= 11 is 0. The van der Waals surface area contributed by atoms with Crippen LogP contribution >= 0.6 is 0 Å². The summed E-state index contributed by atoms with van der Waals surface area (Å²) in [5.41, 5.74) is 2.97. The minimum atomic E-state index is -0.239. The second-order valence-corrected chi connectivity index (χ2v) is 4.83. The Morgan fingerprint density at radius 3 is 2.40 bits per heavy atom. The molecule has 0 bridgehead atoms. The topological polar surface area (TPSA) is 41.1 Å². The Hall–Kier alpha value is -2.29. The zero-order chi connectivity index (χ0) is 14.4. The predicted octanol–water partition coefficient (Wildman–Crippen LogP) is 3.82. The SMILES string of the molecule is CC[C@H](Nc1cccc(C)c1)C(=O)Nc1ccccc1. The minimum Gasteiger partial charge on any atom is -0.374 e. The number of hydrogen-bond donors (Lipinski definition) is 2. The molecule has 0 saturated carbocycles. The molecule has 2 rings (SSSR count). The molecule has 0 aliphatic carbocycles. The summed E-state index contributed by atoms with van der Waals surface area (Å²) in [6, 6.07) is 17.3. The Morgan fingerprint density at radius 1 is 1.05 bits per heavy atom. The maximum Gasteiger partial charge on any atom is 0.246 e. The van der Waals surface area contributed by atoms with Crippen molar-refractivity contribution in [2.24, 2.45) is 0 Å². The molecule has 3 heteroatoms. The smallest absolute Gasteiger partial charge is 0.246 e. The molecule has 0 spiro atoms. The number of anilines is 2. The van der Waals surface area contributed by atoms with E-state index in [2.05, 4.69) is 10.6 Å². The third-order valence-corrected chi connectivity index (χ3v) is 3.13. The molecule has 2 aromatic rings. The van der Waals surface area contributed by atoms with Crippen molar-refractivity contribution in [3.05, 3.63) is 60.2 Å². The van der Waals surface area contributed by atoms with Crippen LogP contribution in [0.15, 0.2) is 54.6 Å². The van der Waals surface area contributed by atoms with E-state index >= 15 is 0 Å². The summed E-state index contributed by atoms with van der Waals surface area (Å²) in [5.74, 6) is -0.0137. The van der Waals surface area contributed by atoms with E-state index in [1.807, 2.05) is 68.4 Å². The van der Waals surface area contributed by atoms with Gasteiger partial charge in [0.15, 0.2) is 0 Å². The van der Waals surface area contributed by atoms with Gasteiger partial charge in [0, 0.05) is 11.4 Å². The molecule has 0 radical (unpaired) electrons. The van der Waals surface area contributed by atoms with Gasteiger partial charge in [0.2, 0.25) is 5.91 Å². The molecule has 0 unspecified atom stereocenters. The first-order chi connectivity index (χ1) is 9.69. The number of benzene rings is 2. The van der Waals surface area contributed by atoms with Crippen LogP contribution in [0.1, 0.15) is 18.9 Å². The molecule has 1 amide bonds. The highest BCUT2D eigenvalue weighted by Crippen LogP contribution is 2.13. The van der Waals surface area contributed by atoms with Gasteiger partial charge in [0.1, 0.15) is 6.04 Å². The van der Waals surface area contributed by atoms with Gasteiger partial charge in [-0.05, 0) is 43.2 Å². The summed E-state index contributed by atoms with van der Waals surface area (Å²) in [5, 5.41) is 6.20. The van der Waals surface area contributed by atoms with E-state index in [-0.39, 0.29) is 11.9 Å². The standard InChI is InChI=1S/C17H20N2O/c1-3-16(18-15-11-7-8-13(2)12-15)17(20)19-14-9-5-4-6-10-14/h4-12,16,18H,3H2,1-2H3,(H,19,20)/t16-/m0/s1. The van der Waals surface area contributed by atoms with Crippen molar-refractivity contribution in [3.63, 3.8) is 0 Å². The normalized spacial score (nSPS) is 11.7. The summed E-state index contributed by atoms with van der Waals surface area (Å²) in [7, 11) is 0. The minimum absolute atomic E-state index is 0.0137. The average molecular weight is 268 g/mol. The predicted molar refractivity (Wildman–Crippen MR) is 84.0 cm³/mol. The van der Waals surface area contributed by atoms with Crippen LogP contribution in [0.3, 0.4) is 0 Å². The van der Waals surface area contributed by atoms with Gasteiger partial charge >= 0.3 is 0 Å². The first-order valence-electron chi connectivity index (χ1n) is 6.88. The first-order valence-corrected chi connectivity index (χ1v) is 6.88. The molecule has 3 nitrogen and oxygen atoms in total. The molecule has 0 aliphatic heterocycles. The fraction of sp³-hybridized carbons (Fsp3) is 0.235. The van der Waals surface area contributed by atoms with E-state index < -0.39 is 0 Å². The maximum atomic E-state index is 12.3. The molecule has 2 aromatic carbocycles. The Bertz CT molecular complexity index is 566. The van der Waals surface area contributed by atoms with Crippen molar-refractivity contribution >= 4 is 17.3 Å². The summed E-state index contributed by atoms with van der Waals surface area (Å²) < 4.78 is 0. The highest BCUT2D eigenvalue weighted by molar-refractivity contribution is 5.96. The lowest BCUT2D eigenvalue weighted by atomic mass is 10.1. The Labute approximate surface area is 120 Å². The van der Waals surface area contributed by atoms with Crippen LogP contribution in [0.2, 0.25) is 0 Å². The van der Waals surface area contributed by atoms with Gasteiger partial charge in [-0.2, -0.15) is 0 Å². The van der Waals surface area contributed by atoms with Crippen LogP contribution in [0.5, 0.6) is 0 Å². The fourth-order valence-electron chi connectivity index (χ4n) is 2.04. The molecule has 104 valence electrons. The van der Waals surface area contributed by atoms with Crippen LogP contribution in [0, 0.1) is 6.92 Å². The Morgan fingerprint density at radius 2 is 1.75 bits per heavy atom. The number of carbonyl (C=O) groups excluding carboxylic acids is 1. The highest BCUT2D eigenvalue weighted by atomic mass is 16.2. The molecule has 20 heavy (non-hydrogen) atoms. The molecular weight excluding hydrogens is 248 g/mol. The van der Waals surface area contributed by atoms with Gasteiger partial charge < -0.3 is 10.6 Å². The molecule has 0 fully saturated rings. The van der Waals surface area contributed by atoms with Crippen molar-refractivity contribution in [2.75, 3.05) is 10.6 Å². The van der Waals surface area contributed by atoms with Crippen molar-refractivity contribution in [1.29, 1.82) is 0 Å². The third-order valence-electron chi connectivity index (χ3n) is 3.13. The van der Waals surface area contributed by atoms with E-state index in [0.717, 1.165) is 17.8 Å². The molecule has 0 saturated heterocycles. The van der Waals surface area contributed by atoms with Crippen molar-refractivity contribution in [3.8, 4) is 0 Å². The lowest BCUT2D eigenvalue weighted by molar-refractivity contribution is -0.116. The van der Waals surface area contributed by atoms with Gasteiger partial charge in [-0.15, -0.1) is 0 Å². The molecule has 0 aromatic heterocycles. The summed E-state index contributed by atoms with van der Waals surface area (Å²) in [4.78, 5) is 12.3. The van der Waals surface area contributed by atoms with Crippen molar-refractivity contribution < 1.29 is 4.79 Å². The number of para-hydroxylation sites is 1. The molecule has 1 atom stereocenters. The molecule has 0 heterocycles. The van der Waals surface area contributed by atoms with Gasteiger partial charge in [0.05, 0.1) is 0 Å². The van der Waals surface area contributed by atoms with E-state index in [4.69, 9.17) is 0 Å². The third kappa shape index (κ3) is 3.85. The van der Waals surface area contributed by atoms with Crippen molar-refractivity contribution in [2.45, 2.75) is 26.3 Å². The van der Waals surface area contributed by atoms with Crippen LogP contribution in [-0.4, -0.2) is 11.9 Å². The molecular formula is C17H20N2O. The van der Waals surface area contributed by atoms with Crippen molar-refractivity contribution in [1.82, 2.24) is 0 Å². The highest BCUT2D eigenvalue weighted by Gasteiger charge is 2.16. The molecule has 2 N–H and O–H groups in total. The number of carbonyl (C=O) groups is 1. The Kier molecular flexibility index (Phi) is 4.77. The summed E-state index contributed by atoms with van der Waals surface area (Å²) in [6.07, 6.45) is 0.729. The lowest BCUT2D eigenvalue weighted by Crippen LogP contribution is -2.34. The van der Waals surface area contributed by atoms with Gasteiger partial charge in [-0.25, -0.2) is 0 Å². The first kappa shape index (κ1) is 14.1. The number of rotatable bonds is 5. The maximum absolute atomic E-state index is 12.3. The zero-order valence-electron chi connectivity index (χ0n) is 11.9. The average Bonchev–Trinajstić information content (AvgIpc) is 2.46. The number of aryl methyl sites for hydroxylation is 1. The second kappa shape index (κ2) is 6.75. The molecule has 0 aliphatic rings. The van der Waals surface area contributed by atoms with Crippen LogP contribution in [0.25, 0.3) is 0 Å². The van der Waals surface area contributed by atoms with Crippen LogP contribution in [0.4, 0.5) is 11.4 Å². The fourth-order valence-corrected chi connectivity index (χ4v) is 2.04. The van der Waals surface area contributed by atoms with Gasteiger partial charge in [-0.3, -0.25) is 4.79 Å². The van der Waals surface area contributed by atoms with E-state index in [1.165, 1.54) is 5.56 Å². The zero-order valence-corrected chi connectivity index (χ0v) is 11.9. The van der Waals surface area contributed by atoms with Crippen LogP contribution in [-0.2, 0) is 4.79 Å². The number of nitrogens with one attached hydrogen (secondary N) is 2. The largest absolute Gasteiger partial charge is 0.374 e. The van der Waals surface area contributed by atoms with Crippen LogP contribution < -0.4 is 10.6 Å². The van der Waals surface area contributed by atoms with Gasteiger partial charge in [0.25, 0.3) is 0 Å².